The normalized spacial score (nSPS) is 21.4. The number of benzene rings is 1. The van der Waals surface area contributed by atoms with Crippen LogP contribution in [0.1, 0.15) is 30.4 Å². The van der Waals surface area contributed by atoms with Crippen LogP contribution >= 0.6 is 0 Å². The number of rotatable bonds is 2. The van der Waals surface area contributed by atoms with Crippen molar-refractivity contribution in [1.29, 1.82) is 0 Å². The van der Waals surface area contributed by atoms with Crippen molar-refractivity contribution >= 4 is 0 Å². The highest BCUT2D eigenvalue weighted by Gasteiger charge is 2.11. The Balaban J connectivity index is 1.67. The lowest BCUT2D eigenvalue weighted by molar-refractivity contribution is 0.357. The first-order chi connectivity index (χ1) is 8.92. The Morgan fingerprint density at radius 2 is 2.17 bits per heavy atom. The Hall–Kier alpha value is -1.28. The van der Waals surface area contributed by atoms with Crippen molar-refractivity contribution in [2.24, 2.45) is 0 Å². The van der Waals surface area contributed by atoms with E-state index in [2.05, 4.69) is 29.6 Å². The number of fused-ring (bicyclic) bond motifs is 1. The molecule has 0 bridgehead atoms. The molecule has 2 aliphatic heterocycles. The smallest absolute Gasteiger partial charge is 0.122 e. The molecule has 1 aromatic carbocycles. The molecular formula is C16H21NO. The molecule has 1 N–H and O–H groups in total. The Morgan fingerprint density at radius 1 is 1.17 bits per heavy atom. The van der Waals surface area contributed by atoms with E-state index in [9.17, 15) is 0 Å². The van der Waals surface area contributed by atoms with Gasteiger partial charge in [-0.3, -0.25) is 0 Å². The average molecular weight is 243 g/mol. The predicted molar refractivity (Wildman–Crippen MR) is 74.1 cm³/mol. The van der Waals surface area contributed by atoms with Crippen molar-refractivity contribution in [3.05, 3.63) is 41.0 Å². The van der Waals surface area contributed by atoms with Crippen LogP contribution in [0.15, 0.2) is 29.8 Å². The lowest BCUT2D eigenvalue weighted by Crippen LogP contribution is -2.13. The summed E-state index contributed by atoms with van der Waals surface area (Å²) in [5.41, 5.74) is 4.43. The van der Waals surface area contributed by atoms with Crippen molar-refractivity contribution in [2.75, 3.05) is 19.7 Å². The third-order valence-corrected chi connectivity index (χ3v) is 3.85. The third kappa shape index (κ3) is 2.75. The molecule has 1 saturated heterocycles. The van der Waals surface area contributed by atoms with Crippen LogP contribution < -0.4 is 10.1 Å². The number of ether oxygens (including phenoxy) is 1. The second-order valence-electron chi connectivity index (χ2n) is 5.21. The van der Waals surface area contributed by atoms with Crippen molar-refractivity contribution in [1.82, 2.24) is 5.32 Å². The van der Waals surface area contributed by atoms with E-state index < -0.39 is 0 Å². The van der Waals surface area contributed by atoms with Gasteiger partial charge in [0.05, 0.1) is 6.61 Å². The summed E-state index contributed by atoms with van der Waals surface area (Å²) in [6, 6.07) is 6.65. The van der Waals surface area contributed by atoms with Gasteiger partial charge in [-0.25, -0.2) is 0 Å². The summed E-state index contributed by atoms with van der Waals surface area (Å²) in [7, 11) is 0. The van der Waals surface area contributed by atoms with Gasteiger partial charge >= 0.3 is 0 Å². The molecule has 18 heavy (non-hydrogen) atoms. The summed E-state index contributed by atoms with van der Waals surface area (Å²) in [5.74, 6) is 1.09. The standard InChI is InChI=1S/C16H21NO/c1-2-13(7-10-17-9-1)3-4-14-5-6-16-15(12-14)8-11-18-16/h3,5-6,12,17H,1-2,4,7-11H2/b13-3-. The molecule has 0 atom stereocenters. The summed E-state index contributed by atoms with van der Waals surface area (Å²) in [4.78, 5) is 0. The van der Waals surface area contributed by atoms with Crippen molar-refractivity contribution in [3.8, 4) is 5.75 Å². The molecule has 1 fully saturated rings. The molecule has 0 unspecified atom stereocenters. The predicted octanol–water partition coefficient (Wildman–Crippen LogP) is 2.86. The van der Waals surface area contributed by atoms with E-state index in [1.807, 2.05) is 0 Å². The van der Waals surface area contributed by atoms with Crippen LogP contribution in [0.25, 0.3) is 0 Å². The van der Waals surface area contributed by atoms with Gasteiger partial charge in [-0.1, -0.05) is 23.8 Å². The van der Waals surface area contributed by atoms with Crippen molar-refractivity contribution < 1.29 is 4.74 Å². The van der Waals surface area contributed by atoms with Crippen LogP contribution in [0.4, 0.5) is 0 Å². The van der Waals surface area contributed by atoms with Gasteiger partial charge in [-0.2, -0.15) is 0 Å². The average Bonchev–Trinajstić information content (AvgIpc) is 2.70. The molecular weight excluding hydrogens is 222 g/mol. The molecule has 2 heteroatoms. The highest BCUT2D eigenvalue weighted by molar-refractivity contribution is 5.40. The number of hydrogen-bond donors (Lipinski definition) is 1. The zero-order chi connectivity index (χ0) is 12.2. The fourth-order valence-electron chi connectivity index (χ4n) is 2.77. The molecule has 2 nitrogen and oxygen atoms in total. The van der Waals surface area contributed by atoms with Crippen LogP contribution in [0.2, 0.25) is 0 Å². The van der Waals surface area contributed by atoms with E-state index in [4.69, 9.17) is 4.74 Å². The van der Waals surface area contributed by atoms with Gasteiger partial charge in [-0.05, 0) is 56.0 Å². The van der Waals surface area contributed by atoms with Crippen LogP contribution in [-0.4, -0.2) is 19.7 Å². The monoisotopic (exact) mass is 243 g/mol. The Kier molecular flexibility index (Phi) is 3.65. The SMILES string of the molecule is C(/Cc1ccc2c(c1)CCO2)=C1\CCCNCC1. The van der Waals surface area contributed by atoms with Crippen molar-refractivity contribution in [3.63, 3.8) is 0 Å². The quantitative estimate of drug-likeness (QED) is 0.806. The molecule has 2 heterocycles. The van der Waals surface area contributed by atoms with Crippen LogP contribution in [-0.2, 0) is 12.8 Å². The van der Waals surface area contributed by atoms with Gasteiger partial charge in [0.25, 0.3) is 0 Å². The minimum atomic E-state index is 0.853. The lowest BCUT2D eigenvalue weighted by Gasteiger charge is -2.04. The number of hydrogen-bond acceptors (Lipinski definition) is 2. The summed E-state index contributed by atoms with van der Waals surface area (Å²) in [5, 5.41) is 3.45. The highest BCUT2D eigenvalue weighted by Crippen LogP contribution is 2.26. The molecule has 96 valence electrons. The van der Waals surface area contributed by atoms with E-state index in [-0.39, 0.29) is 0 Å². The molecule has 0 saturated carbocycles. The van der Waals surface area contributed by atoms with Crippen LogP contribution in [0.5, 0.6) is 5.75 Å². The molecule has 0 aromatic heterocycles. The molecule has 0 amide bonds. The van der Waals surface area contributed by atoms with Gasteiger partial charge in [0.1, 0.15) is 5.75 Å². The maximum atomic E-state index is 5.54. The van der Waals surface area contributed by atoms with Gasteiger partial charge in [0.15, 0.2) is 0 Å². The summed E-state index contributed by atoms with van der Waals surface area (Å²) >= 11 is 0. The zero-order valence-electron chi connectivity index (χ0n) is 10.9. The molecule has 0 radical (unpaired) electrons. The van der Waals surface area contributed by atoms with E-state index >= 15 is 0 Å². The van der Waals surface area contributed by atoms with E-state index in [1.165, 1.54) is 36.9 Å². The van der Waals surface area contributed by atoms with Crippen molar-refractivity contribution in [2.45, 2.75) is 32.1 Å². The second-order valence-corrected chi connectivity index (χ2v) is 5.21. The fraction of sp³-hybridized carbons (Fsp3) is 0.500. The Morgan fingerprint density at radius 3 is 3.17 bits per heavy atom. The first-order valence-corrected chi connectivity index (χ1v) is 7.05. The Labute approximate surface area is 109 Å². The fourth-order valence-corrected chi connectivity index (χ4v) is 2.77. The minimum absolute atomic E-state index is 0.853. The number of nitrogens with one attached hydrogen (secondary N) is 1. The largest absolute Gasteiger partial charge is 0.493 e. The van der Waals surface area contributed by atoms with E-state index in [0.29, 0.717) is 0 Å². The van der Waals surface area contributed by atoms with Gasteiger partial charge in [-0.15, -0.1) is 0 Å². The maximum Gasteiger partial charge on any atom is 0.122 e. The first-order valence-electron chi connectivity index (χ1n) is 7.05. The molecule has 1 aromatic rings. The summed E-state index contributed by atoms with van der Waals surface area (Å²) in [6.45, 7) is 3.17. The molecule has 2 aliphatic rings. The highest BCUT2D eigenvalue weighted by atomic mass is 16.5. The Bertz CT molecular complexity index is 440. The van der Waals surface area contributed by atoms with Gasteiger partial charge in [0.2, 0.25) is 0 Å². The van der Waals surface area contributed by atoms with Crippen LogP contribution in [0, 0.1) is 0 Å². The maximum absolute atomic E-state index is 5.54. The molecule has 0 aliphatic carbocycles. The second kappa shape index (κ2) is 5.57. The van der Waals surface area contributed by atoms with Crippen LogP contribution in [0.3, 0.4) is 0 Å². The van der Waals surface area contributed by atoms with E-state index in [0.717, 1.165) is 31.7 Å². The van der Waals surface area contributed by atoms with Gasteiger partial charge in [0, 0.05) is 6.42 Å². The lowest BCUT2D eigenvalue weighted by atomic mass is 10.0. The minimum Gasteiger partial charge on any atom is -0.493 e. The number of allylic oxidation sites excluding steroid dienone is 1. The summed E-state index contributed by atoms with van der Waals surface area (Å²) < 4.78 is 5.54. The molecule has 3 rings (SSSR count). The summed E-state index contributed by atoms with van der Waals surface area (Å²) in [6.07, 6.45) is 8.34. The zero-order valence-corrected chi connectivity index (χ0v) is 10.9. The molecule has 0 spiro atoms. The first kappa shape index (κ1) is 11.8. The third-order valence-electron chi connectivity index (χ3n) is 3.85. The van der Waals surface area contributed by atoms with Gasteiger partial charge < -0.3 is 10.1 Å². The van der Waals surface area contributed by atoms with E-state index in [1.54, 1.807) is 5.57 Å². The topological polar surface area (TPSA) is 21.3 Å².